The highest BCUT2D eigenvalue weighted by molar-refractivity contribution is 9.10. The highest BCUT2D eigenvalue weighted by Crippen LogP contribution is 2.24. The molecule has 23 heavy (non-hydrogen) atoms. The van der Waals surface area contributed by atoms with E-state index in [-0.39, 0.29) is 12.5 Å². The standard InChI is InChI=1S/C17H17BrClNO3/c1-20(17(22)14-9-12(18)6-7-15(14)19)10-16(21)11-4-3-5-13(8-11)23-2/h3-9,16,21H,10H2,1-2H3. The van der Waals surface area contributed by atoms with E-state index < -0.39 is 6.10 Å². The van der Waals surface area contributed by atoms with Gasteiger partial charge in [-0.2, -0.15) is 0 Å². The molecule has 0 aliphatic heterocycles. The Morgan fingerprint density at radius 1 is 1.35 bits per heavy atom. The molecule has 1 N–H and O–H groups in total. The summed E-state index contributed by atoms with van der Waals surface area (Å²) < 4.78 is 5.91. The number of aliphatic hydroxyl groups excluding tert-OH is 1. The summed E-state index contributed by atoms with van der Waals surface area (Å²) in [6.45, 7) is 0.148. The molecular weight excluding hydrogens is 382 g/mol. The number of halogens is 2. The highest BCUT2D eigenvalue weighted by Gasteiger charge is 2.19. The molecular formula is C17H17BrClNO3. The molecule has 1 unspecified atom stereocenters. The second-order valence-electron chi connectivity index (χ2n) is 5.10. The lowest BCUT2D eigenvalue weighted by Gasteiger charge is -2.22. The lowest BCUT2D eigenvalue weighted by molar-refractivity contribution is 0.0681. The molecule has 0 radical (unpaired) electrons. The Morgan fingerprint density at radius 2 is 2.09 bits per heavy atom. The number of hydrogen-bond donors (Lipinski definition) is 1. The van der Waals surface area contributed by atoms with Crippen LogP contribution >= 0.6 is 27.5 Å². The van der Waals surface area contributed by atoms with E-state index in [2.05, 4.69) is 15.9 Å². The molecule has 0 saturated carbocycles. The summed E-state index contributed by atoms with van der Waals surface area (Å²) >= 11 is 9.41. The van der Waals surface area contributed by atoms with E-state index in [0.717, 1.165) is 4.47 Å². The highest BCUT2D eigenvalue weighted by atomic mass is 79.9. The predicted molar refractivity (Wildman–Crippen MR) is 94.1 cm³/mol. The smallest absolute Gasteiger partial charge is 0.255 e. The molecule has 6 heteroatoms. The van der Waals surface area contributed by atoms with Crippen molar-refractivity contribution >= 4 is 33.4 Å². The van der Waals surface area contributed by atoms with Crippen molar-refractivity contribution in [1.82, 2.24) is 4.90 Å². The topological polar surface area (TPSA) is 49.8 Å². The first-order chi connectivity index (χ1) is 10.9. The fourth-order valence-electron chi connectivity index (χ4n) is 2.16. The van der Waals surface area contributed by atoms with Gasteiger partial charge in [-0.1, -0.05) is 39.7 Å². The lowest BCUT2D eigenvalue weighted by Crippen LogP contribution is -2.31. The Hall–Kier alpha value is -1.56. The minimum Gasteiger partial charge on any atom is -0.497 e. The van der Waals surface area contributed by atoms with Gasteiger partial charge in [0.2, 0.25) is 0 Å². The van der Waals surface area contributed by atoms with Crippen LogP contribution < -0.4 is 4.74 Å². The molecule has 4 nitrogen and oxygen atoms in total. The molecule has 122 valence electrons. The van der Waals surface area contributed by atoms with E-state index >= 15 is 0 Å². The number of ether oxygens (including phenoxy) is 1. The summed E-state index contributed by atoms with van der Waals surface area (Å²) in [6, 6.07) is 12.2. The van der Waals surface area contributed by atoms with Gasteiger partial charge >= 0.3 is 0 Å². The number of aliphatic hydroxyl groups is 1. The number of methoxy groups -OCH3 is 1. The average Bonchev–Trinajstić information content (AvgIpc) is 2.56. The van der Waals surface area contributed by atoms with Crippen molar-refractivity contribution in [3.63, 3.8) is 0 Å². The van der Waals surface area contributed by atoms with Gasteiger partial charge in [0, 0.05) is 11.5 Å². The molecule has 1 amide bonds. The SMILES string of the molecule is COc1cccc(C(O)CN(C)C(=O)c2cc(Br)ccc2Cl)c1. The summed E-state index contributed by atoms with van der Waals surface area (Å²) in [7, 11) is 3.19. The Labute approximate surface area is 148 Å². The third kappa shape index (κ3) is 4.47. The molecule has 0 bridgehead atoms. The maximum atomic E-state index is 12.5. The fourth-order valence-corrected chi connectivity index (χ4v) is 2.72. The predicted octanol–water partition coefficient (Wildman–Crippen LogP) is 3.92. The zero-order valence-corrected chi connectivity index (χ0v) is 15.1. The van der Waals surface area contributed by atoms with Crippen LogP contribution in [0.3, 0.4) is 0 Å². The Balaban J connectivity index is 2.12. The monoisotopic (exact) mass is 397 g/mol. The number of likely N-dealkylation sites (N-methyl/N-ethyl adjacent to an activating group) is 1. The molecule has 0 fully saturated rings. The van der Waals surface area contributed by atoms with Gasteiger partial charge in [-0.3, -0.25) is 4.79 Å². The molecule has 2 aromatic rings. The number of rotatable bonds is 5. The summed E-state index contributed by atoms with van der Waals surface area (Å²) in [6.07, 6.45) is -0.815. The quantitative estimate of drug-likeness (QED) is 0.830. The Bertz CT molecular complexity index is 708. The summed E-state index contributed by atoms with van der Waals surface area (Å²) in [5.74, 6) is 0.406. The van der Waals surface area contributed by atoms with E-state index in [0.29, 0.717) is 21.9 Å². The number of nitrogens with zero attached hydrogens (tertiary/aromatic N) is 1. The molecule has 0 aliphatic rings. The number of carbonyl (C=O) groups excluding carboxylic acids is 1. The first-order valence-electron chi connectivity index (χ1n) is 6.95. The van der Waals surface area contributed by atoms with Crippen LogP contribution in [0.1, 0.15) is 22.0 Å². The summed E-state index contributed by atoms with van der Waals surface area (Å²) in [5.41, 5.74) is 1.07. The minimum absolute atomic E-state index is 0.148. The van der Waals surface area contributed by atoms with Crippen molar-refractivity contribution in [3.8, 4) is 5.75 Å². The van der Waals surface area contributed by atoms with Crippen LogP contribution in [0.2, 0.25) is 5.02 Å². The maximum Gasteiger partial charge on any atom is 0.255 e. The van der Waals surface area contributed by atoms with Crippen LogP contribution in [0.5, 0.6) is 5.75 Å². The fraction of sp³-hybridized carbons (Fsp3) is 0.235. The van der Waals surface area contributed by atoms with Gasteiger partial charge in [0.25, 0.3) is 5.91 Å². The lowest BCUT2D eigenvalue weighted by atomic mass is 10.1. The van der Waals surface area contributed by atoms with Crippen LogP contribution in [0.15, 0.2) is 46.9 Å². The van der Waals surface area contributed by atoms with Crippen LogP contribution in [0.4, 0.5) is 0 Å². The molecule has 0 heterocycles. The third-order valence-corrected chi connectivity index (χ3v) is 4.25. The van der Waals surface area contributed by atoms with Crippen molar-refractivity contribution < 1.29 is 14.6 Å². The van der Waals surface area contributed by atoms with E-state index in [1.165, 1.54) is 4.90 Å². The van der Waals surface area contributed by atoms with E-state index in [1.54, 1.807) is 56.6 Å². The van der Waals surface area contributed by atoms with Gasteiger partial charge in [0.05, 0.1) is 30.3 Å². The number of carbonyl (C=O) groups is 1. The number of benzene rings is 2. The molecule has 0 aliphatic carbocycles. The van der Waals surface area contributed by atoms with Gasteiger partial charge in [0.15, 0.2) is 0 Å². The molecule has 0 saturated heterocycles. The number of amides is 1. The van der Waals surface area contributed by atoms with Crippen LogP contribution in [-0.2, 0) is 0 Å². The second-order valence-corrected chi connectivity index (χ2v) is 6.43. The third-order valence-electron chi connectivity index (χ3n) is 3.43. The van der Waals surface area contributed by atoms with Gasteiger partial charge < -0.3 is 14.7 Å². The normalized spacial score (nSPS) is 11.9. The van der Waals surface area contributed by atoms with Crippen LogP contribution in [0.25, 0.3) is 0 Å². The molecule has 2 rings (SSSR count). The van der Waals surface area contributed by atoms with Crippen molar-refractivity contribution in [2.24, 2.45) is 0 Å². The van der Waals surface area contributed by atoms with E-state index in [4.69, 9.17) is 16.3 Å². The second kappa shape index (κ2) is 7.81. The van der Waals surface area contributed by atoms with Crippen LogP contribution in [0, 0.1) is 0 Å². The van der Waals surface area contributed by atoms with E-state index in [9.17, 15) is 9.90 Å². The number of hydrogen-bond acceptors (Lipinski definition) is 3. The van der Waals surface area contributed by atoms with E-state index in [1.807, 2.05) is 0 Å². The minimum atomic E-state index is -0.815. The zero-order valence-electron chi connectivity index (χ0n) is 12.8. The van der Waals surface area contributed by atoms with Crippen molar-refractivity contribution in [1.29, 1.82) is 0 Å². The average molecular weight is 399 g/mol. The van der Waals surface area contributed by atoms with Gasteiger partial charge in [0.1, 0.15) is 5.75 Å². The van der Waals surface area contributed by atoms with Gasteiger partial charge in [-0.15, -0.1) is 0 Å². The van der Waals surface area contributed by atoms with Gasteiger partial charge in [-0.25, -0.2) is 0 Å². The van der Waals surface area contributed by atoms with Crippen LogP contribution in [-0.4, -0.2) is 36.6 Å². The largest absolute Gasteiger partial charge is 0.497 e. The van der Waals surface area contributed by atoms with Crippen molar-refractivity contribution in [2.45, 2.75) is 6.10 Å². The van der Waals surface area contributed by atoms with Crippen molar-refractivity contribution in [3.05, 3.63) is 63.1 Å². The summed E-state index contributed by atoms with van der Waals surface area (Å²) in [5, 5.41) is 10.7. The molecule has 0 spiro atoms. The molecule has 1 atom stereocenters. The van der Waals surface area contributed by atoms with Gasteiger partial charge in [-0.05, 0) is 35.9 Å². The maximum absolute atomic E-state index is 12.5. The van der Waals surface area contributed by atoms with Crippen molar-refractivity contribution in [2.75, 3.05) is 20.7 Å². The Kier molecular flexibility index (Phi) is 6.04. The first kappa shape index (κ1) is 17.8. The molecule has 0 aromatic heterocycles. The molecule has 2 aromatic carbocycles. The zero-order chi connectivity index (χ0) is 17.0. The Morgan fingerprint density at radius 3 is 2.78 bits per heavy atom. The first-order valence-corrected chi connectivity index (χ1v) is 8.12. The summed E-state index contributed by atoms with van der Waals surface area (Å²) in [4.78, 5) is 13.9.